The lowest BCUT2D eigenvalue weighted by Gasteiger charge is -2.37. The van der Waals surface area contributed by atoms with Gasteiger partial charge in [-0.1, -0.05) is 35.9 Å². The summed E-state index contributed by atoms with van der Waals surface area (Å²) in [7, 11) is 1.67. The van der Waals surface area contributed by atoms with Gasteiger partial charge < -0.3 is 19.9 Å². The third kappa shape index (κ3) is 5.64. The number of ether oxygens (including phenoxy) is 1. The zero-order chi connectivity index (χ0) is 23.2. The van der Waals surface area contributed by atoms with E-state index in [1.165, 1.54) is 10.7 Å². The van der Waals surface area contributed by atoms with E-state index in [9.17, 15) is 9.59 Å². The Morgan fingerprint density at radius 2 is 1.70 bits per heavy atom. The van der Waals surface area contributed by atoms with Crippen molar-refractivity contribution in [2.75, 3.05) is 43.1 Å². The van der Waals surface area contributed by atoms with E-state index in [-0.39, 0.29) is 18.0 Å². The van der Waals surface area contributed by atoms with E-state index >= 15 is 0 Å². The minimum atomic E-state index is -0.312. The first-order valence-corrected chi connectivity index (χ1v) is 11.1. The molecule has 0 spiro atoms. The van der Waals surface area contributed by atoms with Crippen molar-refractivity contribution in [1.29, 1.82) is 0 Å². The SMILES string of the molecule is COc1ccccc1N1CCN(c2ccc(=O)n(CC(=O)NCc3ccc(Cl)cc3)n2)CC1. The fourth-order valence-electron chi connectivity index (χ4n) is 3.78. The highest BCUT2D eigenvalue weighted by molar-refractivity contribution is 6.30. The number of carbonyl (C=O) groups excluding carboxylic acids is 1. The first kappa shape index (κ1) is 22.7. The molecule has 9 heteroatoms. The van der Waals surface area contributed by atoms with E-state index in [0.29, 0.717) is 17.4 Å². The zero-order valence-corrected chi connectivity index (χ0v) is 19.2. The highest BCUT2D eigenvalue weighted by Gasteiger charge is 2.21. The van der Waals surface area contributed by atoms with Gasteiger partial charge in [0.2, 0.25) is 5.91 Å². The number of nitrogens with one attached hydrogen (secondary N) is 1. The monoisotopic (exact) mass is 467 g/mol. The van der Waals surface area contributed by atoms with E-state index < -0.39 is 0 Å². The van der Waals surface area contributed by atoms with Gasteiger partial charge in [-0.2, -0.15) is 5.10 Å². The molecule has 0 unspecified atom stereocenters. The number of aromatic nitrogens is 2. The Labute approximate surface area is 197 Å². The van der Waals surface area contributed by atoms with Crippen molar-refractivity contribution in [1.82, 2.24) is 15.1 Å². The summed E-state index contributed by atoms with van der Waals surface area (Å²) in [6.45, 7) is 3.29. The van der Waals surface area contributed by atoms with Gasteiger partial charge in [0.1, 0.15) is 18.1 Å². The molecule has 2 aromatic carbocycles. The van der Waals surface area contributed by atoms with E-state index in [0.717, 1.165) is 43.2 Å². The number of halogens is 1. The molecule has 0 aliphatic carbocycles. The molecule has 0 saturated carbocycles. The Bertz CT molecular complexity index is 1160. The predicted molar refractivity (Wildman–Crippen MR) is 129 cm³/mol. The van der Waals surface area contributed by atoms with Crippen molar-refractivity contribution >= 4 is 29.0 Å². The van der Waals surface area contributed by atoms with Crippen LogP contribution < -0.4 is 25.4 Å². The van der Waals surface area contributed by atoms with Crippen LogP contribution in [-0.2, 0) is 17.9 Å². The van der Waals surface area contributed by atoms with Gasteiger partial charge >= 0.3 is 0 Å². The topological polar surface area (TPSA) is 79.7 Å². The molecule has 0 atom stereocenters. The smallest absolute Gasteiger partial charge is 0.267 e. The molecule has 1 aliphatic heterocycles. The number of para-hydroxylation sites is 2. The summed E-state index contributed by atoms with van der Waals surface area (Å²) < 4.78 is 6.69. The Hall–Kier alpha value is -3.52. The van der Waals surface area contributed by atoms with Gasteiger partial charge in [0.15, 0.2) is 0 Å². The molecule has 1 N–H and O–H groups in total. The highest BCUT2D eigenvalue weighted by Crippen LogP contribution is 2.28. The fourth-order valence-corrected chi connectivity index (χ4v) is 3.91. The summed E-state index contributed by atoms with van der Waals surface area (Å²) in [5.74, 6) is 1.25. The van der Waals surface area contributed by atoms with Gasteiger partial charge in [-0.15, -0.1) is 0 Å². The standard InChI is InChI=1S/C24H26ClN5O3/c1-33-21-5-3-2-4-20(21)28-12-14-29(15-13-28)22-10-11-24(32)30(27-22)17-23(31)26-16-18-6-8-19(25)9-7-18/h2-11H,12-17H2,1H3,(H,26,31). The molecule has 0 bridgehead atoms. The van der Waals surface area contributed by atoms with Gasteiger partial charge in [-0.3, -0.25) is 9.59 Å². The fraction of sp³-hybridized carbons (Fsp3) is 0.292. The Balaban J connectivity index is 1.36. The van der Waals surface area contributed by atoms with Crippen molar-refractivity contribution in [3.63, 3.8) is 0 Å². The van der Waals surface area contributed by atoms with Crippen molar-refractivity contribution < 1.29 is 9.53 Å². The van der Waals surface area contributed by atoms with Crippen LogP contribution in [0, 0.1) is 0 Å². The third-order valence-electron chi connectivity index (χ3n) is 5.58. The lowest BCUT2D eigenvalue weighted by Crippen LogP contribution is -2.47. The van der Waals surface area contributed by atoms with E-state index in [4.69, 9.17) is 16.3 Å². The number of carbonyl (C=O) groups is 1. The summed E-state index contributed by atoms with van der Waals surface area (Å²) in [4.78, 5) is 29.0. The Morgan fingerprint density at radius 1 is 1.00 bits per heavy atom. The van der Waals surface area contributed by atoms with Gasteiger partial charge in [0, 0.05) is 43.8 Å². The van der Waals surface area contributed by atoms with Crippen molar-refractivity contribution in [3.8, 4) is 5.75 Å². The van der Waals surface area contributed by atoms with Gasteiger partial charge in [-0.05, 0) is 35.9 Å². The van der Waals surface area contributed by atoms with Crippen LogP contribution in [0.4, 0.5) is 11.5 Å². The number of hydrogen-bond acceptors (Lipinski definition) is 6. The second-order valence-electron chi connectivity index (χ2n) is 7.74. The van der Waals surface area contributed by atoms with Gasteiger partial charge in [-0.25, -0.2) is 4.68 Å². The first-order valence-electron chi connectivity index (χ1n) is 10.8. The third-order valence-corrected chi connectivity index (χ3v) is 5.83. The summed E-state index contributed by atoms with van der Waals surface area (Å²) in [6, 6.07) is 18.4. The highest BCUT2D eigenvalue weighted by atomic mass is 35.5. The number of amides is 1. The average Bonchev–Trinajstić information content (AvgIpc) is 2.85. The number of methoxy groups -OCH3 is 1. The Kier molecular flexibility index (Phi) is 7.14. The van der Waals surface area contributed by atoms with Crippen LogP contribution in [0.15, 0.2) is 65.5 Å². The summed E-state index contributed by atoms with van der Waals surface area (Å²) in [5.41, 5.74) is 1.68. The molecule has 172 valence electrons. The average molecular weight is 468 g/mol. The van der Waals surface area contributed by atoms with Crippen LogP contribution >= 0.6 is 11.6 Å². The van der Waals surface area contributed by atoms with E-state index in [2.05, 4.69) is 26.3 Å². The minimum absolute atomic E-state index is 0.137. The maximum absolute atomic E-state index is 12.4. The van der Waals surface area contributed by atoms with Crippen molar-refractivity contribution in [3.05, 3.63) is 81.6 Å². The molecular weight excluding hydrogens is 442 g/mol. The number of hydrogen-bond donors (Lipinski definition) is 1. The lowest BCUT2D eigenvalue weighted by atomic mass is 10.2. The summed E-state index contributed by atoms with van der Waals surface area (Å²) in [5, 5.41) is 7.90. The molecule has 2 heterocycles. The second kappa shape index (κ2) is 10.4. The molecule has 8 nitrogen and oxygen atoms in total. The largest absolute Gasteiger partial charge is 0.495 e. The zero-order valence-electron chi connectivity index (χ0n) is 18.4. The minimum Gasteiger partial charge on any atom is -0.495 e. The van der Waals surface area contributed by atoms with Crippen LogP contribution in [0.25, 0.3) is 0 Å². The van der Waals surface area contributed by atoms with Crippen LogP contribution in [0.1, 0.15) is 5.56 Å². The number of anilines is 2. The maximum Gasteiger partial charge on any atom is 0.267 e. The van der Waals surface area contributed by atoms with Crippen molar-refractivity contribution in [2.24, 2.45) is 0 Å². The van der Waals surface area contributed by atoms with E-state index in [1.807, 2.05) is 30.3 Å². The first-order chi connectivity index (χ1) is 16.0. The van der Waals surface area contributed by atoms with Gasteiger partial charge in [0.05, 0.1) is 12.8 Å². The van der Waals surface area contributed by atoms with Crippen LogP contribution in [0.3, 0.4) is 0 Å². The molecule has 1 fully saturated rings. The molecule has 1 aromatic heterocycles. The molecule has 4 rings (SSSR count). The van der Waals surface area contributed by atoms with Crippen LogP contribution in [0.2, 0.25) is 5.02 Å². The van der Waals surface area contributed by atoms with Crippen LogP contribution in [-0.4, -0.2) is 49.0 Å². The lowest BCUT2D eigenvalue weighted by molar-refractivity contribution is -0.122. The number of nitrogens with zero attached hydrogens (tertiary/aromatic N) is 4. The van der Waals surface area contributed by atoms with E-state index in [1.54, 1.807) is 25.3 Å². The summed E-state index contributed by atoms with van der Waals surface area (Å²) in [6.07, 6.45) is 0. The maximum atomic E-state index is 12.4. The quantitative estimate of drug-likeness (QED) is 0.575. The molecule has 1 amide bonds. The molecule has 1 saturated heterocycles. The molecule has 0 radical (unpaired) electrons. The molecule has 3 aromatic rings. The van der Waals surface area contributed by atoms with Crippen molar-refractivity contribution in [2.45, 2.75) is 13.1 Å². The second-order valence-corrected chi connectivity index (χ2v) is 8.17. The summed E-state index contributed by atoms with van der Waals surface area (Å²) >= 11 is 5.88. The Morgan fingerprint density at radius 3 is 2.42 bits per heavy atom. The molecule has 33 heavy (non-hydrogen) atoms. The number of benzene rings is 2. The number of piperazine rings is 1. The normalized spacial score (nSPS) is 13.6. The number of rotatable bonds is 7. The van der Waals surface area contributed by atoms with Gasteiger partial charge in [0.25, 0.3) is 5.56 Å². The molecule has 1 aliphatic rings. The van der Waals surface area contributed by atoms with Crippen LogP contribution in [0.5, 0.6) is 5.75 Å². The molecular formula is C24H26ClN5O3. The predicted octanol–water partition coefficient (Wildman–Crippen LogP) is 2.55.